The van der Waals surface area contributed by atoms with Gasteiger partial charge < -0.3 is 9.30 Å². The Kier molecular flexibility index (Phi) is 3.29. The first-order valence-electron chi connectivity index (χ1n) is 5.08. The number of halogens is 1. The Labute approximate surface area is 102 Å². The number of hydrogen-bond donors (Lipinski definition) is 0. The van der Waals surface area contributed by atoms with Gasteiger partial charge in [0.25, 0.3) is 0 Å². The van der Waals surface area contributed by atoms with E-state index in [9.17, 15) is 4.79 Å². The number of nitrogens with zero attached hydrogens (tertiary/aromatic N) is 1. The molecule has 0 radical (unpaired) electrons. The first kappa shape index (κ1) is 11.2. The van der Waals surface area contributed by atoms with Crippen LogP contribution < -0.4 is 0 Å². The van der Waals surface area contributed by atoms with Crippen molar-refractivity contribution in [2.75, 3.05) is 6.61 Å². The molecule has 0 aliphatic rings. The van der Waals surface area contributed by atoms with Gasteiger partial charge in [-0.1, -0.05) is 22.0 Å². The van der Waals surface area contributed by atoms with Crippen LogP contribution in [0.4, 0.5) is 0 Å². The van der Waals surface area contributed by atoms with E-state index in [1.807, 2.05) is 29.0 Å². The van der Waals surface area contributed by atoms with Crippen molar-refractivity contribution in [1.82, 2.24) is 4.57 Å². The molecule has 0 unspecified atom stereocenters. The number of benzene rings is 1. The molecule has 1 heterocycles. The Hall–Kier alpha value is -1.29. The number of carbonyl (C=O) groups excluding carboxylic acids is 1. The average molecular weight is 282 g/mol. The van der Waals surface area contributed by atoms with Crippen LogP contribution in [-0.4, -0.2) is 17.1 Å². The summed E-state index contributed by atoms with van der Waals surface area (Å²) in [4.78, 5) is 11.6. The lowest BCUT2D eigenvalue weighted by molar-refractivity contribution is 0.0526. The number of alkyl halides is 1. The second kappa shape index (κ2) is 4.70. The lowest BCUT2D eigenvalue weighted by Crippen LogP contribution is -2.04. The van der Waals surface area contributed by atoms with E-state index in [1.54, 1.807) is 13.0 Å². The molecule has 0 saturated carbocycles. The van der Waals surface area contributed by atoms with Crippen LogP contribution >= 0.6 is 15.9 Å². The van der Waals surface area contributed by atoms with Crippen molar-refractivity contribution >= 4 is 32.8 Å². The molecule has 0 N–H and O–H groups in total. The molecule has 0 aliphatic carbocycles. The maximum Gasteiger partial charge on any atom is 0.338 e. The fraction of sp³-hybridized carbons (Fsp3) is 0.250. The molecule has 1 aromatic carbocycles. The molecular weight excluding hydrogens is 270 g/mol. The van der Waals surface area contributed by atoms with Crippen LogP contribution in [0.2, 0.25) is 0 Å². The minimum Gasteiger partial charge on any atom is -0.462 e. The summed E-state index contributed by atoms with van der Waals surface area (Å²) in [5.74, 6) is -0.272. The molecule has 84 valence electrons. The maximum atomic E-state index is 11.6. The topological polar surface area (TPSA) is 31.2 Å². The highest BCUT2D eigenvalue weighted by molar-refractivity contribution is 9.08. The van der Waals surface area contributed by atoms with Gasteiger partial charge in [0.2, 0.25) is 0 Å². The molecule has 0 bridgehead atoms. The highest BCUT2D eigenvalue weighted by Crippen LogP contribution is 2.19. The number of fused-ring (bicyclic) bond motifs is 1. The summed E-state index contributed by atoms with van der Waals surface area (Å²) in [6.07, 6.45) is 1.98. The second-order valence-corrected chi connectivity index (χ2v) is 3.90. The molecule has 2 aromatic rings. The molecule has 0 saturated heterocycles. The monoisotopic (exact) mass is 281 g/mol. The smallest absolute Gasteiger partial charge is 0.338 e. The summed E-state index contributed by atoms with van der Waals surface area (Å²) in [6, 6.07) is 7.60. The highest BCUT2D eigenvalue weighted by Gasteiger charge is 2.08. The summed E-state index contributed by atoms with van der Waals surface area (Å²) in [6.45, 7) is 2.20. The average Bonchev–Trinajstić information content (AvgIpc) is 2.71. The van der Waals surface area contributed by atoms with Crippen molar-refractivity contribution in [2.45, 2.75) is 12.4 Å². The van der Waals surface area contributed by atoms with E-state index in [2.05, 4.69) is 15.9 Å². The Morgan fingerprint density at radius 2 is 2.25 bits per heavy atom. The third-order valence-electron chi connectivity index (χ3n) is 2.41. The lowest BCUT2D eigenvalue weighted by Gasteiger charge is -2.03. The SMILES string of the molecule is CCOC(=O)c1ccc2ccn(CBr)c2c1. The zero-order valence-corrected chi connectivity index (χ0v) is 10.5. The molecule has 4 heteroatoms. The van der Waals surface area contributed by atoms with Crippen LogP contribution in [-0.2, 0) is 10.2 Å². The number of ether oxygens (including phenoxy) is 1. The van der Waals surface area contributed by atoms with Crippen LogP contribution in [0.15, 0.2) is 30.5 Å². The van der Waals surface area contributed by atoms with E-state index in [0.29, 0.717) is 17.6 Å². The number of hydrogen-bond acceptors (Lipinski definition) is 2. The summed E-state index contributed by atoms with van der Waals surface area (Å²) in [5.41, 5.74) is 2.33. The quantitative estimate of drug-likeness (QED) is 0.639. The van der Waals surface area contributed by atoms with Gasteiger partial charge in [0, 0.05) is 11.7 Å². The van der Waals surface area contributed by atoms with E-state index in [0.717, 1.165) is 10.9 Å². The largest absolute Gasteiger partial charge is 0.462 e. The van der Waals surface area contributed by atoms with Crippen molar-refractivity contribution in [3.63, 3.8) is 0 Å². The van der Waals surface area contributed by atoms with E-state index in [1.165, 1.54) is 0 Å². The minimum absolute atomic E-state index is 0.272. The van der Waals surface area contributed by atoms with Crippen molar-refractivity contribution in [3.8, 4) is 0 Å². The third-order valence-corrected chi connectivity index (χ3v) is 2.95. The van der Waals surface area contributed by atoms with E-state index in [4.69, 9.17) is 4.74 Å². The van der Waals surface area contributed by atoms with Crippen LogP contribution in [0.1, 0.15) is 17.3 Å². The van der Waals surface area contributed by atoms with Crippen molar-refractivity contribution < 1.29 is 9.53 Å². The van der Waals surface area contributed by atoms with Crippen LogP contribution in [0.5, 0.6) is 0 Å². The van der Waals surface area contributed by atoms with E-state index < -0.39 is 0 Å². The van der Waals surface area contributed by atoms with E-state index >= 15 is 0 Å². The predicted molar refractivity (Wildman–Crippen MR) is 66.8 cm³/mol. The third kappa shape index (κ3) is 1.97. The molecule has 16 heavy (non-hydrogen) atoms. The fourth-order valence-corrected chi connectivity index (χ4v) is 2.07. The van der Waals surface area contributed by atoms with Gasteiger partial charge in [-0.2, -0.15) is 0 Å². The molecule has 0 atom stereocenters. The van der Waals surface area contributed by atoms with Gasteiger partial charge in [0.15, 0.2) is 0 Å². The van der Waals surface area contributed by atoms with Crippen molar-refractivity contribution in [2.24, 2.45) is 0 Å². The van der Waals surface area contributed by atoms with Crippen LogP contribution in [0, 0.1) is 0 Å². The zero-order valence-electron chi connectivity index (χ0n) is 8.94. The molecule has 0 amide bonds. The van der Waals surface area contributed by atoms with Gasteiger partial charge in [-0.15, -0.1) is 0 Å². The summed E-state index contributed by atoms with van der Waals surface area (Å²) in [5, 5.41) is 1.12. The predicted octanol–water partition coefficient (Wildman–Crippen LogP) is 3.17. The first-order valence-corrected chi connectivity index (χ1v) is 6.20. The number of esters is 1. The molecule has 1 aromatic heterocycles. The molecule has 0 spiro atoms. The number of aromatic nitrogens is 1. The Morgan fingerprint density at radius 3 is 2.94 bits per heavy atom. The zero-order chi connectivity index (χ0) is 11.5. The van der Waals surface area contributed by atoms with Crippen molar-refractivity contribution in [3.05, 3.63) is 36.0 Å². The molecule has 0 aliphatic heterocycles. The minimum atomic E-state index is -0.272. The molecule has 0 fully saturated rings. The fourth-order valence-electron chi connectivity index (χ4n) is 1.63. The van der Waals surface area contributed by atoms with Gasteiger partial charge in [0.05, 0.1) is 17.6 Å². The van der Waals surface area contributed by atoms with Gasteiger partial charge >= 0.3 is 5.97 Å². The summed E-state index contributed by atoms with van der Waals surface area (Å²) >= 11 is 3.40. The molecular formula is C12H12BrNO2. The Morgan fingerprint density at radius 1 is 1.44 bits per heavy atom. The number of carbonyl (C=O) groups is 1. The van der Waals surface area contributed by atoms with E-state index in [-0.39, 0.29) is 5.97 Å². The Balaban J connectivity index is 2.45. The Bertz CT molecular complexity index is 519. The molecule has 3 nitrogen and oxygen atoms in total. The van der Waals surface area contributed by atoms with Crippen LogP contribution in [0.25, 0.3) is 10.9 Å². The maximum absolute atomic E-state index is 11.6. The summed E-state index contributed by atoms with van der Waals surface area (Å²) < 4.78 is 6.99. The van der Waals surface area contributed by atoms with Gasteiger partial charge in [-0.05, 0) is 30.5 Å². The molecule has 2 rings (SSSR count). The lowest BCUT2D eigenvalue weighted by atomic mass is 10.1. The van der Waals surface area contributed by atoms with Gasteiger partial charge in [0.1, 0.15) is 0 Å². The van der Waals surface area contributed by atoms with Gasteiger partial charge in [-0.25, -0.2) is 4.79 Å². The standard InChI is InChI=1S/C12H12BrNO2/c1-2-16-12(15)10-4-3-9-5-6-14(8-13)11(9)7-10/h3-7H,2,8H2,1H3. The van der Waals surface area contributed by atoms with Gasteiger partial charge in [-0.3, -0.25) is 0 Å². The second-order valence-electron chi connectivity index (χ2n) is 3.40. The number of rotatable bonds is 3. The summed E-state index contributed by atoms with van der Waals surface area (Å²) in [7, 11) is 0. The highest BCUT2D eigenvalue weighted by atomic mass is 79.9. The normalized spacial score (nSPS) is 10.6. The van der Waals surface area contributed by atoms with Crippen molar-refractivity contribution in [1.29, 1.82) is 0 Å². The first-order chi connectivity index (χ1) is 7.76. The van der Waals surface area contributed by atoms with Crippen LogP contribution in [0.3, 0.4) is 0 Å².